The van der Waals surface area contributed by atoms with Gasteiger partial charge in [-0.3, -0.25) is 4.79 Å². The normalized spacial score (nSPS) is 10.9. The van der Waals surface area contributed by atoms with E-state index in [0.29, 0.717) is 17.0 Å². The van der Waals surface area contributed by atoms with E-state index in [0.717, 1.165) is 5.69 Å². The topological polar surface area (TPSA) is 29.5 Å². The van der Waals surface area contributed by atoms with Gasteiger partial charge in [0.15, 0.2) is 0 Å². The Balaban J connectivity index is 2.29. The lowest BCUT2D eigenvalue weighted by molar-refractivity contribution is 0.0992. The van der Waals surface area contributed by atoms with E-state index in [9.17, 15) is 9.18 Å². The van der Waals surface area contributed by atoms with Crippen molar-refractivity contribution in [1.29, 1.82) is 0 Å². The molecule has 0 saturated heterocycles. The van der Waals surface area contributed by atoms with Crippen molar-refractivity contribution in [3.8, 4) is 0 Å². The molecule has 2 aromatic carbocycles. The number of anilines is 1. The van der Waals surface area contributed by atoms with Gasteiger partial charge in [0, 0.05) is 31.0 Å². The second-order valence-corrected chi connectivity index (χ2v) is 5.85. The minimum Gasteiger partial charge on any atom is -0.380 e. The van der Waals surface area contributed by atoms with Gasteiger partial charge in [-0.25, -0.2) is 4.39 Å². The zero-order chi connectivity index (χ0) is 17.0. The Morgan fingerprint density at radius 2 is 1.96 bits per heavy atom. The van der Waals surface area contributed by atoms with E-state index >= 15 is 0 Å². The number of amides is 1. The van der Waals surface area contributed by atoms with Gasteiger partial charge in [0.25, 0.3) is 5.91 Å². The highest BCUT2D eigenvalue weighted by Gasteiger charge is 2.16. The molecule has 2 rings (SSSR count). The highest BCUT2D eigenvalue weighted by molar-refractivity contribution is 6.05. The Kier molecular flexibility index (Phi) is 5.50. The summed E-state index contributed by atoms with van der Waals surface area (Å²) in [5.74, 6) is -0.159. The van der Waals surface area contributed by atoms with Crippen LogP contribution in [0.15, 0.2) is 42.5 Å². The molecule has 3 nitrogen and oxygen atoms in total. The number of ether oxygens (including phenoxy) is 1. The molecule has 1 amide bonds. The first kappa shape index (κ1) is 17.2. The predicted octanol–water partition coefficient (Wildman–Crippen LogP) is 4.37. The number of methoxy groups -OCH3 is 1. The van der Waals surface area contributed by atoms with Crippen molar-refractivity contribution < 1.29 is 13.9 Å². The van der Waals surface area contributed by atoms with Crippen LogP contribution in [-0.4, -0.2) is 20.1 Å². The monoisotopic (exact) mass is 315 g/mol. The highest BCUT2D eigenvalue weighted by Crippen LogP contribution is 2.22. The highest BCUT2D eigenvalue weighted by atomic mass is 19.1. The first-order chi connectivity index (χ1) is 10.9. The van der Waals surface area contributed by atoms with Crippen LogP contribution in [0.4, 0.5) is 10.1 Å². The van der Waals surface area contributed by atoms with Crippen LogP contribution < -0.4 is 4.90 Å². The van der Waals surface area contributed by atoms with Crippen molar-refractivity contribution >= 4 is 11.6 Å². The number of carbonyl (C=O) groups is 1. The minimum atomic E-state index is -0.368. The van der Waals surface area contributed by atoms with Gasteiger partial charge < -0.3 is 9.64 Å². The maximum Gasteiger partial charge on any atom is 0.258 e. The van der Waals surface area contributed by atoms with Crippen LogP contribution >= 0.6 is 0 Å². The van der Waals surface area contributed by atoms with Crippen LogP contribution in [0.2, 0.25) is 0 Å². The molecule has 0 aliphatic rings. The Labute approximate surface area is 136 Å². The second-order valence-electron chi connectivity index (χ2n) is 5.85. The molecule has 0 fully saturated rings. The number of hydrogen-bond acceptors (Lipinski definition) is 2. The molecule has 23 heavy (non-hydrogen) atoms. The van der Waals surface area contributed by atoms with E-state index in [1.165, 1.54) is 24.8 Å². The molecular weight excluding hydrogens is 293 g/mol. The van der Waals surface area contributed by atoms with E-state index in [1.807, 2.05) is 24.3 Å². The molecule has 4 heteroatoms. The van der Waals surface area contributed by atoms with Gasteiger partial charge >= 0.3 is 0 Å². The standard InChI is InChI=1S/C19H22FNO2/c1-13(2)14-6-5-7-17(11-14)21(3)19(22)15-8-9-18(20)16(10-15)12-23-4/h5-11,13H,12H2,1-4H3. The fourth-order valence-electron chi connectivity index (χ4n) is 2.38. The number of nitrogens with zero attached hydrogens (tertiary/aromatic N) is 1. The predicted molar refractivity (Wildman–Crippen MR) is 90.4 cm³/mol. The minimum absolute atomic E-state index is 0.138. The smallest absolute Gasteiger partial charge is 0.258 e. The van der Waals surface area contributed by atoms with Gasteiger partial charge in [-0.15, -0.1) is 0 Å². The zero-order valence-electron chi connectivity index (χ0n) is 14.0. The van der Waals surface area contributed by atoms with Crippen LogP contribution in [0.25, 0.3) is 0 Å². The molecule has 0 aliphatic heterocycles. The van der Waals surface area contributed by atoms with Crippen molar-refractivity contribution in [2.45, 2.75) is 26.4 Å². The molecule has 0 atom stereocenters. The van der Waals surface area contributed by atoms with Crippen molar-refractivity contribution in [1.82, 2.24) is 0 Å². The van der Waals surface area contributed by atoms with Gasteiger partial charge in [-0.2, -0.15) is 0 Å². The number of carbonyl (C=O) groups excluding carboxylic acids is 1. The maximum absolute atomic E-state index is 13.7. The maximum atomic E-state index is 13.7. The van der Waals surface area contributed by atoms with Crippen molar-refractivity contribution in [3.05, 3.63) is 65.0 Å². The van der Waals surface area contributed by atoms with E-state index in [-0.39, 0.29) is 18.3 Å². The van der Waals surface area contributed by atoms with E-state index < -0.39 is 0 Å². The average Bonchev–Trinajstić information content (AvgIpc) is 2.56. The molecule has 0 aliphatic carbocycles. The number of benzene rings is 2. The molecular formula is C19H22FNO2. The number of rotatable bonds is 5. The number of hydrogen-bond donors (Lipinski definition) is 0. The van der Waals surface area contributed by atoms with E-state index in [4.69, 9.17) is 4.74 Å². The average molecular weight is 315 g/mol. The summed E-state index contributed by atoms with van der Waals surface area (Å²) in [5.41, 5.74) is 2.80. The third kappa shape index (κ3) is 3.96. The Hall–Kier alpha value is -2.20. The lowest BCUT2D eigenvalue weighted by Gasteiger charge is -2.19. The van der Waals surface area contributed by atoms with Gasteiger partial charge in [0.2, 0.25) is 0 Å². The van der Waals surface area contributed by atoms with Crippen molar-refractivity contribution in [2.24, 2.45) is 0 Å². The lowest BCUT2D eigenvalue weighted by Crippen LogP contribution is -2.26. The Bertz CT molecular complexity index is 698. The summed E-state index contributed by atoms with van der Waals surface area (Å²) in [7, 11) is 3.22. The zero-order valence-corrected chi connectivity index (χ0v) is 14.0. The van der Waals surface area contributed by atoms with Crippen LogP contribution in [0.1, 0.15) is 41.3 Å². The van der Waals surface area contributed by atoms with Crippen LogP contribution in [0.3, 0.4) is 0 Å². The molecule has 122 valence electrons. The summed E-state index contributed by atoms with van der Waals surface area (Å²) in [4.78, 5) is 14.2. The van der Waals surface area contributed by atoms with Crippen molar-refractivity contribution in [3.63, 3.8) is 0 Å². The summed E-state index contributed by atoms with van der Waals surface area (Å²) in [6, 6.07) is 12.2. The molecule has 0 saturated carbocycles. The second kappa shape index (κ2) is 7.38. The summed E-state index contributed by atoms with van der Waals surface area (Å²) >= 11 is 0. The summed E-state index contributed by atoms with van der Waals surface area (Å²) in [6.07, 6.45) is 0. The van der Waals surface area contributed by atoms with Crippen LogP contribution in [0, 0.1) is 5.82 Å². The third-order valence-corrected chi connectivity index (χ3v) is 3.82. The first-order valence-electron chi connectivity index (χ1n) is 7.59. The van der Waals surface area contributed by atoms with Crippen LogP contribution in [0.5, 0.6) is 0 Å². The fraction of sp³-hybridized carbons (Fsp3) is 0.316. The van der Waals surface area contributed by atoms with Gasteiger partial charge in [-0.05, 0) is 41.8 Å². The molecule has 0 spiro atoms. The van der Waals surface area contributed by atoms with Crippen molar-refractivity contribution in [2.75, 3.05) is 19.1 Å². The van der Waals surface area contributed by atoms with Crippen LogP contribution in [-0.2, 0) is 11.3 Å². The Morgan fingerprint density at radius 3 is 2.61 bits per heavy atom. The summed E-state index contributed by atoms with van der Waals surface area (Å²) in [6.45, 7) is 4.36. The number of halogens is 1. The quantitative estimate of drug-likeness (QED) is 0.820. The molecule has 0 aromatic heterocycles. The molecule has 0 bridgehead atoms. The molecule has 0 radical (unpaired) electrons. The molecule has 0 heterocycles. The summed E-state index contributed by atoms with van der Waals surface area (Å²) < 4.78 is 18.6. The van der Waals surface area contributed by atoms with E-state index in [1.54, 1.807) is 18.0 Å². The molecule has 0 unspecified atom stereocenters. The molecule has 0 N–H and O–H groups in total. The fourth-order valence-corrected chi connectivity index (χ4v) is 2.38. The van der Waals surface area contributed by atoms with Gasteiger partial charge in [0.05, 0.1) is 6.61 Å². The van der Waals surface area contributed by atoms with Gasteiger partial charge in [-0.1, -0.05) is 26.0 Å². The molecule has 2 aromatic rings. The largest absolute Gasteiger partial charge is 0.380 e. The van der Waals surface area contributed by atoms with E-state index in [2.05, 4.69) is 13.8 Å². The first-order valence-corrected chi connectivity index (χ1v) is 7.59. The Morgan fingerprint density at radius 1 is 1.22 bits per heavy atom. The lowest BCUT2D eigenvalue weighted by atomic mass is 10.0. The SMILES string of the molecule is COCc1cc(C(=O)N(C)c2cccc(C(C)C)c2)ccc1F. The summed E-state index contributed by atoms with van der Waals surface area (Å²) in [5, 5.41) is 0. The third-order valence-electron chi connectivity index (χ3n) is 3.82. The van der Waals surface area contributed by atoms with Gasteiger partial charge in [0.1, 0.15) is 5.82 Å².